The zero-order chi connectivity index (χ0) is 11.7. The summed E-state index contributed by atoms with van der Waals surface area (Å²) in [6.07, 6.45) is 1.10. The Morgan fingerprint density at radius 1 is 1.38 bits per heavy atom. The van der Waals surface area contributed by atoms with E-state index >= 15 is 0 Å². The van der Waals surface area contributed by atoms with Crippen LogP contribution in [0.25, 0.3) is 0 Å². The van der Waals surface area contributed by atoms with Crippen molar-refractivity contribution in [2.24, 2.45) is 0 Å². The van der Waals surface area contributed by atoms with Gasteiger partial charge in [-0.3, -0.25) is 14.6 Å². The molecule has 0 N–H and O–H groups in total. The maximum atomic E-state index is 11.9. The first kappa shape index (κ1) is 11.9. The average molecular weight is 226 g/mol. The fraction of sp³-hybridized carbons (Fsp3) is 0.917. The molecule has 4 heteroatoms. The van der Waals surface area contributed by atoms with Crippen LogP contribution in [0.3, 0.4) is 0 Å². The summed E-state index contributed by atoms with van der Waals surface area (Å²) in [5, 5.41) is 0. The molecule has 3 rings (SSSR count). The zero-order valence-corrected chi connectivity index (χ0v) is 10.5. The summed E-state index contributed by atoms with van der Waals surface area (Å²) in [4.78, 5) is 16.6. The molecule has 3 fully saturated rings. The summed E-state index contributed by atoms with van der Waals surface area (Å²) in [7, 11) is 0. The van der Waals surface area contributed by atoms with E-state index in [1.54, 1.807) is 0 Å². The van der Waals surface area contributed by atoms with E-state index in [0.717, 1.165) is 26.1 Å². The fourth-order valence-corrected chi connectivity index (χ4v) is 3.13. The summed E-state index contributed by atoms with van der Waals surface area (Å²) in [6.45, 7) is 9.76. The van der Waals surface area contributed by atoms with Crippen LogP contribution in [0.15, 0.2) is 0 Å². The molecule has 3 saturated heterocycles. The van der Waals surface area contributed by atoms with Crippen molar-refractivity contribution in [2.75, 3.05) is 26.2 Å². The highest BCUT2D eigenvalue weighted by Gasteiger charge is 2.45. The number of carbonyl (C=O) groups is 1. The molecule has 2 bridgehead atoms. The van der Waals surface area contributed by atoms with Gasteiger partial charge in [0.15, 0.2) is 0 Å². The normalized spacial score (nSPS) is 42.1. The van der Waals surface area contributed by atoms with Gasteiger partial charge in [-0.1, -0.05) is 6.92 Å². The molecular weight excluding hydrogens is 204 g/mol. The van der Waals surface area contributed by atoms with Crippen LogP contribution in [0.1, 0.15) is 27.2 Å². The molecule has 3 aliphatic heterocycles. The van der Waals surface area contributed by atoms with Crippen molar-refractivity contribution in [3.05, 3.63) is 0 Å². The lowest BCUT2D eigenvalue weighted by molar-refractivity contribution is -0.162. The van der Waals surface area contributed by atoms with Gasteiger partial charge in [0, 0.05) is 31.7 Å². The van der Waals surface area contributed by atoms with Gasteiger partial charge >= 0.3 is 5.97 Å². The van der Waals surface area contributed by atoms with Crippen molar-refractivity contribution in [3.8, 4) is 0 Å². The van der Waals surface area contributed by atoms with Crippen LogP contribution in [-0.4, -0.2) is 60.1 Å². The van der Waals surface area contributed by atoms with Crippen LogP contribution in [0.5, 0.6) is 0 Å². The molecule has 0 saturated carbocycles. The molecule has 0 aromatic carbocycles. The Balaban J connectivity index is 2.10. The maximum Gasteiger partial charge on any atom is 0.324 e. The lowest BCUT2D eigenvalue weighted by atomic mass is 9.93. The number of ether oxygens (including phenoxy) is 1. The van der Waals surface area contributed by atoms with E-state index < -0.39 is 0 Å². The third kappa shape index (κ3) is 1.84. The van der Waals surface area contributed by atoms with Crippen LogP contribution >= 0.6 is 0 Å². The number of piperazine rings is 3. The lowest BCUT2D eigenvalue weighted by Crippen LogP contribution is -2.71. The number of rotatable bonds is 3. The van der Waals surface area contributed by atoms with E-state index in [1.165, 1.54) is 0 Å². The second kappa shape index (κ2) is 4.72. The molecule has 92 valence electrons. The number of hydrogen-bond acceptors (Lipinski definition) is 4. The zero-order valence-electron chi connectivity index (χ0n) is 10.5. The SMILES string of the molecule is CCOC(=O)C1CN2CCN1C(CC)C2C. The predicted octanol–water partition coefficient (Wildman–Crippen LogP) is 0.716. The molecule has 3 aliphatic rings. The number of carbonyl (C=O) groups excluding carboxylic acids is 1. The van der Waals surface area contributed by atoms with Gasteiger partial charge < -0.3 is 4.74 Å². The summed E-state index contributed by atoms with van der Waals surface area (Å²) in [5.74, 6) is -0.0439. The van der Waals surface area contributed by atoms with Crippen molar-refractivity contribution in [1.82, 2.24) is 9.80 Å². The fourth-order valence-electron chi connectivity index (χ4n) is 3.13. The Kier molecular flexibility index (Phi) is 3.50. The molecule has 16 heavy (non-hydrogen) atoms. The van der Waals surface area contributed by atoms with Crippen LogP contribution in [-0.2, 0) is 9.53 Å². The van der Waals surface area contributed by atoms with Crippen LogP contribution in [0.4, 0.5) is 0 Å². The maximum absolute atomic E-state index is 11.9. The van der Waals surface area contributed by atoms with E-state index in [0.29, 0.717) is 18.7 Å². The highest BCUT2D eigenvalue weighted by molar-refractivity contribution is 5.76. The van der Waals surface area contributed by atoms with Gasteiger partial charge in [-0.05, 0) is 20.3 Å². The van der Waals surface area contributed by atoms with E-state index in [-0.39, 0.29) is 12.0 Å². The van der Waals surface area contributed by atoms with Gasteiger partial charge in [0.2, 0.25) is 0 Å². The quantitative estimate of drug-likeness (QED) is 0.664. The summed E-state index contributed by atoms with van der Waals surface area (Å²) in [5.41, 5.74) is 0. The first-order chi connectivity index (χ1) is 7.69. The number of hydrogen-bond donors (Lipinski definition) is 0. The van der Waals surface area contributed by atoms with E-state index in [2.05, 4.69) is 23.6 Å². The van der Waals surface area contributed by atoms with Crippen molar-refractivity contribution in [3.63, 3.8) is 0 Å². The monoisotopic (exact) mass is 226 g/mol. The van der Waals surface area contributed by atoms with Gasteiger partial charge in [0.25, 0.3) is 0 Å². The molecule has 0 spiro atoms. The van der Waals surface area contributed by atoms with E-state index in [1.807, 2.05) is 6.92 Å². The van der Waals surface area contributed by atoms with Gasteiger partial charge in [0.1, 0.15) is 6.04 Å². The third-order valence-corrected chi connectivity index (χ3v) is 3.99. The Morgan fingerprint density at radius 3 is 2.75 bits per heavy atom. The Labute approximate surface area is 97.5 Å². The van der Waals surface area contributed by atoms with E-state index in [9.17, 15) is 4.79 Å². The predicted molar refractivity (Wildman–Crippen MR) is 62.2 cm³/mol. The summed E-state index contributed by atoms with van der Waals surface area (Å²) < 4.78 is 5.15. The largest absolute Gasteiger partial charge is 0.465 e. The highest BCUT2D eigenvalue weighted by atomic mass is 16.5. The molecule has 0 radical (unpaired) electrons. The molecule has 5 unspecified atom stereocenters. The molecule has 0 aromatic rings. The van der Waals surface area contributed by atoms with Gasteiger partial charge in [-0.2, -0.15) is 0 Å². The average Bonchev–Trinajstić information content (AvgIpc) is 2.30. The number of fused-ring (bicyclic) bond motifs is 3. The molecular formula is C12H22N2O2. The second-order valence-corrected chi connectivity index (χ2v) is 4.72. The molecule has 3 heterocycles. The molecule has 5 atom stereocenters. The minimum Gasteiger partial charge on any atom is -0.465 e. The number of nitrogens with zero attached hydrogens (tertiary/aromatic N) is 2. The van der Waals surface area contributed by atoms with Crippen LogP contribution in [0.2, 0.25) is 0 Å². The van der Waals surface area contributed by atoms with Gasteiger partial charge in [0.05, 0.1) is 6.61 Å². The van der Waals surface area contributed by atoms with Gasteiger partial charge in [-0.25, -0.2) is 0 Å². The standard InChI is InChI=1S/C12H22N2O2/c1-4-10-9(3)13-6-7-14(10)11(8-13)12(15)16-5-2/h9-11H,4-8H2,1-3H3. The van der Waals surface area contributed by atoms with Crippen molar-refractivity contribution >= 4 is 5.97 Å². The molecule has 4 nitrogen and oxygen atoms in total. The third-order valence-electron chi connectivity index (χ3n) is 3.99. The molecule has 0 aromatic heterocycles. The number of esters is 1. The minimum absolute atomic E-state index is 0.0325. The van der Waals surface area contributed by atoms with E-state index in [4.69, 9.17) is 4.74 Å². The topological polar surface area (TPSA) is 32.8 Å². The lowest BCUT2D eigenvalue weighted by Gasteiger charge is -2.55. The van der Waals surface area contributed by atoms with Crippen molar-refractivity contribution < 1.29 is 9.53 Å². The Morgan fingerprint density at radius 2 is 2.12 bits per heavy atom. The Hall–Kier alpha value is -0.610. The highest BCUT2D eigenvalue weighted by Crippen LogP contribution is 2.28. The first-order valence-electron chi connectivity index (χ1n) is 6.35. The van der Waals surface area contributed by atoms with Gasteiger partial charge in [-0.15, -0.1) is 0 Å². The van der Waals surface area contributed by atoms with Crippen LogP contribution < -0.4 is 0 Å². The smallest absolute Gasteiger partial charge is 0.324 e. The Bertz CT molecular complexity index is 270. The summed E-state index contributed by atoms with van der Waals surface area (Å²) >= 11 is 0. The van der Waals surface area contributed by atoms with Crippen molar-refractivity contribution in [1.29, 1.82) is 0 Å². The van der Waals surface area contributed by atoms with Crippen LogP contribution in [0, 0.1) is 0 Å². The second-order valence-electron chi connectivity index (χ2n) is 4.72. The first-order valence-corrected chi connectivity index (χ1v) is 6.35. The van der Waals surface area contributed by atoms with Crippen molar-refractivity contribution in [2.45, 2.75) is 45.3 Å². The summed E-state index contributed by atoms with van der Waals surface area (Å²) in [6, 6.07) is 1.05. The minimum atomic E-state index is -0.0439. The molecule has 0 aliphatic carbocycles. The molecule has 0 amide bonds.